The number of rotatable bonds is 5. The van der Waals surface area contributed by atoms with Gasteiger partial charge in [-0.2, -0.15) is 0 Å². The van der Waals surface area contributed by atoms with E-state index in [1.807, 2.05) is 6.07 Å². The molecular weight excluding hydrogens is 230 g/mol. The molecule has 0 atom stereocenters. The molecule has 1 heterocycles. The molecule has 0 amide bonds. The van der Waals surface area contributed by atoms with Crippen molar-refractivity contribution in [1.82, 2.24) is 5.32 Å². The Morgan fingerprint density at radius 2 is 2.22 bits per heavy atom. The van der Waals surface area contributed by atoms with E-state index in [2.05, 4.69) is 10.1 Å². The number of carbonyl (C=O) groups excluding carboxylic acids is 1. The van der Waals surface area contributed by atoms with Gasteiger partial charge in [-0.15, -0.1) is 0 Å². The lowest BCUT2D eigenvalue weighted by atomic mass is 9.89. The first kappa shape index (κ1) is 13.1. The first-order valence-corrected chi connectivity index (χ1v) is 6.66. The summed E-state index contributed by atoms with van der Waals surface area (Å²) >= 11 is 0. The topological polar surface area (TPSA) is 51.5 Å². The first-order valence-electron chi connectivity index (χ1n) is 6.66. The van der Waals surface area contributed by atoms with Gasteiger partial charge in [-0.05, 0) is 31.4 Å². The highest BCUT2D eigenvalue weighted by atomic mass is 16.5. The Labute approximate surface area is 108 Å². The Morgan fingerprint density at radius 3 is 2.94 bits per heavy atom. The van der Waals surface area contributed by atoms with Gasteiger partial charge in [0.25, 0.3) is 0 Å². The van der Waals surface area contributed by atoms with Crippen LogP contribution in [0.5, 0.6) is 0 Å². The summed E-state index contributed by atoms with van der Waals surface area (Å²) in [6, 6.07) is 1.82. The second-order valence-electron chi connectivity index (χ2n) is 4.90. The van der Waals surface area contributed by atoms with Crippen molar-refractivity contribution in [3.05, 3.63) is 23.7 Å². The summed E-state index contributed by atoms with van der Waals surface area (Å²) in [5.74, 6) is 0.690. The number of methoxy groups -OCH3 is 1. The molecule has 0 aliphatic heterocycles. The SMILES string of the molecule is COC(=O)c1occc1CNCC1CCCCC1. The lowest BCUT2D eigenvalue weighted by molar-refractivity contribution is 0.0563. The summed E-state index contributed by atoms with van der Waals surface area (Å²) in [7, 11) is 1.37. The van der Waals surface area contributed by atoms with Gasteiger partial charge in [0.1, 0.15) is 0 Å². The van der Waals surface area contributed by atoms with Crippen LogP contribution in [0.25, 0.3) is 0 Å². The van der Waals surface area contributed by atoms with E-state index in [0.717, 1.165) is 18.0 Å². The van der Waals surface area contributed by atoms with E-state index in [1.165, 1.54) is 45.5 Å². The minimum Gasteiger partial charge on any atom is -0.463 e. The van der Waals surface area contributed by atoms with Gasteiger partial charge in [-0.1, -0.05) is 19.3 Å². The normalized spacial score (nSPS) is 16.7. The molecule has 0 saturated heterocycles. The van der Waals surface area contributed by atoms with Crippen LogP contribution in [0.1, 0.15) is 48.2 Å². The number of furan rings is 1. The molecule has 4 nitrogen and oxygen atoms in total. The molecule has 0 radical (unpaired) electrons. The maximum atomic E-state index is 11.4. The zero-order valence-electron chi connectivity index (χ0n) is 10.9. The van der Waals surface area contributed by atoms with Crippen molar-refractivity contribution < 1.29 is 13.9 Å². The minimum absolute atomic E-state index is 0.314. The van der Waals surface area contributed by atoms with Crippen LogP contribution in [0.15, 0.2) is 16.7 Å². The molecule has 0 aromatic carbocycles. The molecule has 1 fully saturated rings. The zero-order valence-corrected chi connectivity index (χ0v) is 10.9. The Kier molecular flexibility index (Phi) is 4.81. The quantitative estimate of drug-likeness (QED) is 0.817. The standard InChI is InChI=1S/C14H21NO3/c1-17-14(16)13-12(7-8-18-13)10-15-9-11-5-3-2-4-6-11/h7-8,11,15H,2-6,9-10H2,1H3. The Hall–Kier alpha value is -1.29. The van der Waals surface area contributed by atoms with Gasteiger partial charge in [0.05, 0.1) is 13.4 Å². The molecule has 0 unspecified atom stereocenters. The molecule has 1 N–H and O–H groups in total. The molecule has 1 aliphatic carbocycles. The molecule has 2 rings (SSSR count). The van der Waals surface area contributed by atoms with Crippen LogP contribution in [0, 0.1) is 5.92 Å². The van der Waals surface area contributed by atoms with Crippen LogP contribution < -0.4 is 5.32 Å². The minimum atomic E-state index is -0.408. The van der Waals surface area contributed by atoms with E-state index in [4.69, 9.17) is 4.42 Å². The van der Waals surface area contributed by atoms with Gasteiger partial charge in [-0.25, -0.2) is 4.79 Å². The Balaban J connectivity index is 1.79. The van der Waals surface area contributed by atoms with Crippen LogP contribution in [-0.4, -0.2) is 19.6 Å². The van der Waals surface area contributed by atoms with Crippen molar-refractivity contribution in [3.63, 3.8) is 0 Å². The van der Waals surface area contributed by atoms with E-state index in [9.17, 15) is 4.79 Å². The highest BCUT2D eigenvalue weighted by Gasteiger charge is 2.16. The largest absolute Gasteiger partial charge is 0.463 e. The fourth-order valence-electron chi connectivity index (χ4n) is 2.55. The highest BCUT2D eigenvalue weighted by molar-refractivity contribution is 5.87. The van der Waals surface area contributed by atoms with Crippen molar-refractivity contribution in [1.29, 1.82) is 0 Å². The summed E-state index contributed by atoms with van der Waals surface area (Å²) in [5, 5.41) is 3.41. The number of hydrogen-bond donors (Lipinski definition) is 1. The van der Waals surface area contributed by atoms with Crippen molar-refractivity contribution in [2.45, 2.75) is 38.6 Å². The second kappa shape index (κ2) is 6.59. The van der Waals surface area contributed by atoms with E-state index >= 15 is 0 Å². The molecule has 0 spiro atoms. The van der Waals surface area contributed by atoms with Crippen LogP contribution in [0.2, 0.25) is 0 Å². The molecular formula is C14H21NO3. The third-order valence-corrected chi connectivity index (χ3v) is 3.59. The van der Waals surface area contributed by atoms with E-state index < -0.39 is 5.97 Å². The molecule has 4 heteroatoms. The van der Waals surface area contributed by atoms with Gasteiger partial charge in [0, 0.05) is 12.1 Å². The van der Waals surface area contributed by atoms with Gasteiger partial charge >= 0.3 is 5.97 Å². The van der Waals surface area contributed by atoms with E-state index in [1.54, 1.807) is 0 Å². The second-order valence-corrected chi connectivity index (χ2v) is 4.90. The Morgan fingerprint density at radius 1 is 1.44 bits per heavy atom. The third-order valence-electron chi connectivity index (χ3n) is 3.59. The fraction of sp³-hybridized carbons (Fsp3) is 0.643. The number of carbonyl (C=O) groups is 1. The molecule has 18 heavy (non-hydrogen) atoms. The van der Waals surface area contributed by atoms with Gasteiger partial charge in [0.2, 0.25) is 5.76 Å². The van der Waals surface area contributed by atoms with Crippen molar-refractivity contribution in [3.8, 4) is 0 Å². The molecule has 1 saturated carbocycles. The monoisotopic (exact) mass is 251 g/mol. The summed E-state index contributed by atoms with van der Waals surface area (Å²) < 4.78 is 9.82. The summed E-state index contributed by atoms with van der Waals surface area (Å²) in [6.07, 6.45) is 8.26. The zero-order chi connectivity index (χ0) is 12.8. The van der Waals surface area contributed by atoms with Gasteiger partial charge < -0.3 is 14.5 Å². The fourth-order valence-corrected chi connectivity index (χ4v) is 2.55. The summed E-state index contributed by atoms with van der Waals surface area (Å²) in [6.45, 7) is 1.68. The van der Waals surface area contributed by atoms with Crippen LogP contribution in [0.4, 0.5) is 0 Å². The lowest BCUT2D eigenvalue weighted by Crippen LogP contribution is -2.24. The molecule has 0 bridgehead atoms. The smallest absolute Gasteiger partial charge is 0.374 e. The van der Waals surface area contributed by atoms with E-state index in [-0.39, 0.29) is 0 Å². The van der Waals surface area contributed by atoms with Gasteiger partial charge in [-0.3, -0.25) is 0 Å². The maximum Gasteiger partial charge on any atom is 0.374 e. The van der Waals surface area contributed by atoms with Crippen LogP contribution in [0.3, 0.4) is 0 Å². The molecule has 1 aliphatic rings. The predicted molar refractivity (Wildman–Crippen MR) is 68.3 cm³/mol. The van der Waals surface area contributed by atoms with Crippen LogP contribution in [-0.2, 0) is 11.3 Å². The average Bonchev–Trinajstić information content (AvgIpc) is 2.87. The first-order chi connectivity index (χ1) is 8.81. The number of hydrogen-bond acceptors (Lipinski definition) is 4. The van der Waals surface area contributed by atoms with Gasteiger partial charge in [0.15, 0.2) is 0 Å². The predicted octanol–water partition coefficient (Wildman–Crippen LogP) is 2.74. The van der Waals surface area contributed by atoms with Crippen molar-refractivity contribution in [2.75, 3.05) is 13.7 Å². The third kappa shape index (κ3) is 3.35. The molecule has 1 aromatic rings. The summed E-state index contributed by atoms with van der Waals surface area (Å²) in [5.41, 5.74) is 0.873. The highest BCUT2D eigenvalue weighted by Crippen LogP contribution is 2.23. The lowest BCUT2D eigenvalue weighted by Gasteiger charge is -2.21. The number of nitrogens with one attached hydrogen (secondary N) is 1. The number of esters is 1. The average molecular weight is 251 g/mol. The molecule has 100 valence electrons. The number of ether oxygens (including phenoxy) is 1. The van der Waals surface area contributed by atoms with Crippen molar-refractivity contribution in [2.24, 2.45) is 5.92 Å². The van der Waals surface area contributed by atoms with Crippen molar-refractivity contribution >= 4 is 5.97 Å². The van der Waals surface area contributed by atoms with Crippen LogP contribution >= 0.6 is 0 Å². The van der Waals surface area contributed by atoms with E-state index in [0.29, 0.717) is 12.3 Å². The summed E-state index contributed by atoms with van der Waals surface area (Å²) in [4.78, 5) is 11.4. The maximum absolute atomic E-state index is 11.4. The Bertz CT molecular complexity index is 380. The molecule has 1 aromatic heterocycles.